The van der Waals surface area contributed by atoms with Crippen LogP contribution in [0.4, 0.5) is 0 Å². The fourth-order valence-corrected chi connectivity index (χ4v) is 1.62. The first-order valence-corrected chi connectivity index (χ1v) is 4.70. The summed E-state index contributed by atoms with van der Waals surface area (Å²) < 4.78 is 0. The SMILES string of the molecule is CC(=O)N/N=C(\C)c1scnc1C. The second-order valence-electron chi connectivity index (χ2n) is 2.63. The summed E-state index contributed by atoms with van der Waals surface area (Å²) >= 11 is 1.52. The number of rotatable bonds is 2. The van der Waals surface area contributed by atoms with Crippen LogP contribution in [0.15, 0.2) is 10.6 Å². The third kappa shape index (κ3) is 2.62. The highest BCUT2D eigenvalue weighted by Crippen LogP contribution is 2.12. The summed E-state index contributed by atoms with van der Waals surface area (Å²) in [7, 11) is 0. The molecule has 1 aromatic heterocycles. The molecule has 1 rings (SSSR count). The topological polar surface area (TPSA) is 54.4 Å². The molecule has 1 heterocycles. The molecule has 70 valence electrons. The largest absolute Gasteiger partial charge is 0.274 e. The molecule has 0 aliphatic rings. The molecule has 0 bridgehead atoms. The highest BCUT2D eigenvalue weighted by Gasteiger charge is 2.04. The van der Waals surface area contributed by atoms with Crippen LogP contribution >= 0.6 is 11.3 Å². The van der Waals surface area contributed by atoms with E-state index < -0.39 is 0 Å². The molecule has 0 fully saturated rings. The van der Waals surface area contributed by atoms with Gasteiger partial charge in [-0.3, -0.25) is 4.79 Å². The highest BCUT2D eigenvalue weighted by atomic mass is 32.1. The van der Waals surface area contributed by atoms with Gasteiger partial charge in [-0.1, -0.05) is 0 Å². The van der Waals surface area contributed by atoms with E-state index in [9.17, 15) is 4.79 Å². The molecular weight excluding hydrogens is 186 g/mol. The van der Waals surface area contributed by atoms with E-state index in [1.165, 1.54) is 18.3 Å². The van der Waals surface area contributed by atoms with Crippen molar-refractivity contribution in [3.8, 4) is 0 Å². The lowest BCUT2D eigenvalue weighted by Gasteiger charge is -1.97. The van der Waals surface area contributed by atoms with Gasteiger partial charge in [0, 0.05) is 6.92 Å². The first-order chi connectivity index (χ1) is 6.11. The minimum atomic E-state index is -0.165. The van der Waals surface area contributed by atoms with Gasteiger partial charge in [-0.2, -0.15) is 5.10 Å². The fraction of sp³-hybridized carbons (Fsp3) is 0.375. The Bertz CT molecular complexity index is 343. The Morgan fingerprint density at radius 1 is 1.62 bits per heavy atom. The molecule has 0 saturated heterocycles. The van der Waals surface area contributed by atoms with Crippen LogP contribution in [0.25, 0.3) is 0 Å². The Hall–Kier alpha value is -1.23. The van der Waals surface area contributed by atoms with E-state index >= 15 is 0 Å². The third-order valence-corrected chi connectivity index (χ3v) is 2.49. The van der Waals surface area contributed by atoms with Crippen LogP contribution in [0.1, 0.15) is 24.4 Å². The van der Waals surface area contributed by atoms with Crippen molar-refractivity contribution in [3.05, 3.63) is 16.1 Å². The summed E-state index contributed by atoms with van der Waals surface area (Å²) in [5, 5.41) is 3.91. The Morgan fingerprint density at radius 3 is 2.77 bits per heavy atom. The van der Waals surface area contributed by atoms with E-state index in [1.807, 2.05) is 13.8 Å². The number of aromatic nitrogens is 1. The second kappa shape index (κ2) is 4.13. The van der Waals surface area contributed by atoms with E-state index in [0.717, 1.165) is 16.3 Å². The molecule has 0 spiro atoms. The quantitative estimate of drug-likeness (QED) is 0.574. The van der Waals surface area contributed by atoms with Crippen molar-refractivity contribution >= 4 is 23.0 Å². The van der Waals surface area contributed by atoms with E-state index in [-0.39, 0.29) is 5.91 Å². The lowest BCUT2D eigenvalue weighted by Crippen LogP contribution is -2.14. The van der Waals surface area contributed by atoms with Crippen LogP contribution in [-0.4, -0.2) is 16.6 Å². The van der Waals surface area contributed by atoms with E-state index in [2.05, 4.69) is 15.5 Å². The average molecular weight is 197 g/mol. The molecule has 13 heavy (non-hydrogen) atoms. The van der Waals surface area contributed by atoms with E-state index in [1.54, 1.807) is 5.51 Å². The molecule has 0 radical (unpaired) electrons. The minimum absolute atomic E-state index is 0.165. The fourth-order valence-electron chi connectivity index (χ4n) is 0.862. The van der Waals surface area contributed by atoms with Gasteiger partial charge in [-0.05, 0) is 13.8 Å². The van der Waals surface area contributed by atoms with Crippen molar-refractivity contribution in [2.75, 3.05) is 0 Å². The monoisotopic (exact) mass is 197 g/mol. The van der Waals surface area contributed by atoms with Crippen LogP contribution in [0.5, 0.6) is 0 Å². The number of carbonyl (C=O) groups is 1. The van der Waals surface area contributed by atoms with Gasteiger partial charge in [-0.25, -0.2) is 10.4 Å². The maximum Gasteiger partial charge on any atom is 0.236 e. The summed E-state index contributed by atoms with van der Waals surface area (Å²) in [4.78, 5) is 15.7. The summed E-state index contributed by atoms with van der Waals surface area (Å²) in [6, 6.07) is 0. The summed E-state index contributed by atoms with van der Waals surface area (Å²) in [6.45, 7) is 5.19. The summed E-state index contributed by atoms with van der Waals surface area (Å²) in [5.74, 6) is -0.165. The van der Waals surface area contributed by atoms with Crippen molar-refractivity contribution in [1.29, 1.82) is 0 Å². The summed E-state index contributed by atoms with van der Waals surface area (Å²) in [5.41, 5.74) is 5.88. The molecule has 5 heteroatoms. The first-order valence-electron chi connectivity index (χ1n) is 3.82. The van der Waals surface area contributed by atoms with Crippen LogP contribution in [0.2, 0.25) is 0 Å². The molecule has 0 aliphatic heterocycles. The zero-order valence-electron chi connectivity index (χ0n) is 7.79. The molecule has 0 unspecified atom stereocenters. The van der Waals surface area contributed by atoms with E-state index in [4.69, 9.17) is 0 Å². The van der Waals surface area contributed by atoms with Crippen molar-refractivity contribution in [3.63, 3.8) is 0 Å². The molecule has 0 aliphatic carbocycles. The number of hydrazone groups is 1. The number of hydrogen-bond donors (Lipinski definition) is 1. The Balaban J connectivity index is 2.78. The van der Waals surface area contributed by atoms with Crippen LogP contribution < -0.4 is 5.43 Å². The number of nitrogens with one attached hydrogen (secondary N) is 1. The van der Waals surface area contributed by atoms with Crippen LogP contribution in [-0.2, 0) is 4.79 Å². The second-order valence-corrected chi connectivity index (χ2v) is 3.49. The molecule has 1 amide bonds. The molecule has 0 atom stereocenters. The first kappa shape index (κ1) is 9.85. The predicted octanol–water partition coefficient (Wildman–Crippen LogP) is 1.31. The Kier molecular flexibility index (Phi) is 3.13. The summed E-state index contributed by atoms with van der Waals surface area (Å²) in [6.07, 6.45) is 0. The van der Waals surface area contributed by atoms with Crippen molar-refractivity contribution in [2.24, 2.45) is 5.10 Å². The minimum Gasteiger partial charge on any atom is -0.274 e. The lowest BCUT2D eigenvalue weighted by molar-refractivity contribution is -0.118. The van der Waals surface area contributed by atoms with Crippen molar-refractivity contribution in [2.45, 2.75) is 20.8 Å². The average Bonchev–Trinajstić information content (AvgIpc) is 2.47. The van der Waals surface area contributed by atoms with Crippen LogP contribution in [0.3, 0.4) is 0 Å². The number of nitrogens with zero attached hydrogens (tertiary/aromatic N) is 2. The third-order valence-electron chi connectivity index (χ3n) is 1.46. The molecule has 1 aromatic rings. The van der Waals surface area contributed by atoms with Gasteiger partial charge in [0.2, 0.25) is 5.91 Å². The van der Waals surface area contributed by atoms with Gasteiger partial charge >= 0.3 is 0 Å². The smallest absolute Gasteiger partial charge is 0.236 e. The van der Waals surface area contributed by atoms with Gasteiger partial charge in [0.25, 0.3) is 0 Å². The van der Waals surface area contributed by atoms with Gasteiger partial charge in [-0.15, -0.1) is 11.3 Å². The molecule has 0 saturated carbocycles. The molecule has 0 aromatic carbocycles. The molecule has 1 N–H and O–H groups in total. The maximum atomic E-state index is 10.6. The zero-order chi connectivity index (χ0) is 9.84. The van der Waals surface area contributed by atoms with Gasteiger partial charge in [0.1, 0.15) is 0 Å². The Morgan fingerprint density at radius 2 is 2.31 bits per heavy atom. The maximum absolute atomic E-state index is 10.6. The highest BCUT2D eigenvalue weighted by molar-refractivity contribution is 7.12. The Labute approximate surface area is 80.7 Å². The number of carbonyl (C=O) groups excluding carboxylic acids is 1. The van der Waals surface area contributed by atoms with Gasteiger partial charge < -0.3 is 0 Å². The standard InChI is InChI=1S/C8H11N3OS/c1-5-8(13-4-9-5)6(2)10-11-7(3)12/h4H,1-3H3,(H,11,12)/b10-6+. The number of thiazole rings is 1. The number of amides is 1. The lowest BCUT2D eigenvalue weighted by atomic mass is 10.3. The van der Waals surface area contributed by atoms with E-state index in [0.29, 0.717) is 0 Å². The molecular formula is C8H11N3OS. The number of aryl methyl sites for hydroxylation is 1. The zero-order valence-corrected chi connectivity index (χ0v) is 8.60. The van der Waals surface area contributed by atoms with Gasteiger partial charge in [0.05, 0.1) is 21.8 Å². The predicted molar refractivity (Wildman–Crippen MR) is 52.9 cm³/mol. The molecule has 4 nitrogen and oxygen atoms in total. The van der Waals surface area contributed by atoms with Gasteiger partial charge in [0.15, 0.2) is 0 Å². The van der Waals surface area contributed by atoms with Crippen molar-refractivity contribution < 1.29 is 4.79 Å². The number of hydrogen-bond acceptors (Lipinski definition) is 4. The van der Waals surface area contributed by atoms with Crippen LogP contribution in [0, 0.1) is 6.92 Å². The normalized spacial score (nSPS) is 11.5. The van der Waals surface area contributed by atoms with Crippen molar-refractivity contribution in [1.82, 2.24) is 10.4 Å².